The number of hydrogen-bond acceptors (Lipinski definition) is 2. The number of aliphatic carboxylic acids is 1. The summed E-state index contributed by atoms with van der Waals surface area (Å²) in [5.74, 6) is -0.903. The van der Waals surface area contributed by atoms with Crippen molar-refractivity contribution in [2.75, 3.05) is 0 Å². The predicted octanol–water partition coefficient (Wildman–Crippen LogP) is 7.64. The van der Waals surface area contributed by atoms with Gasteiger partial charge in [0.15, 0.2) is 18.9 Å². The fraction of sp³-hybridized carbons (Fsp3) is 0.625. The van der Waals surface area contributed by atoms with E-state index in [2.05, 4.69) is 74.1 Å². The number of unbranched alkanes of at least 4 members (excludes halogenated alkanes) is 14. The molecule has 3 heteroatoms. The summed E-state index contributed by atoms with van der Waals surface area (Å²) in [4.78, 5) is 10.2. The third-order valence-electron chi connectivity index (χ3n) is 6.39. The first-order valence-corrected chi connectivity index (χ1v) is 14.2. The van der Waals surface area contributed by atoms with Crippen molar-refractivity contribution in [3.8, 4) is 0 Å². The van der Waals surface area contributed by atoms with Gasteiger partial charge in [0, 0.05) is 22.7 Å². The Balaban J connectivity index is 0.000000362. The van der Waals surface area contributed by atoms with Gasteiger partial charge in [-0.3, -0.25) is 0 Å². The van der Waals surface area contributed by atoms with Crippen LogP contribution in [0, 0.1) is 13.8 Å². The van der Waals surface area contributed by atoms with Crippen LogP contribution in [0.4, 0.5) is 0 Å². The fourth-order valence-electron chi connectivity index (χ4n) is 4.52. The molecule has 0 unspecified atom stereocenters. The number of benzene rings is 1. The number of carboxylic acids is 1. The largest absolute Gasteiger partial charge is 0.550 e. The van der Waals surface area contributed by atoms with Crippen LogP contribution < -0.4 is 9.67 Å². The Morgan fingerprint density at radius 3 is 1.54 bits per heavy atom. The standard InChI is InChI=1S/C18H36O2.C14H16N/c1-2-3-4-5-6-7-8-9-10-11-12-13-14-15-16-17-18(19)20;1-12-8-13(2)10-15(9-12)11-14-6-4-3-5-7-14/h2-17H2,1H3,(H,19,20);3-10H,11H2,1-2H3/q;+1/p-1. The lowest BCUT2D eigenvalue weighted by atomic mass is 10.0. The molecule has 2 aromatic rings. The van der Waals surface area contributed by atoms with E-state index in [9.17, 15) is 9.90 Å². The number of aryl methyl sites for hydroxylation is 2. The van der Waals surface area contributed by atoms with Crippen molar-refractivity contribution in [2.45, 2.75) is 130 Å². The van der Waals surface area contributed by atoms with Crippen molar-refractivity contribution in [3.63, 3.8) is 0 Å². The molecule has 0 aliphatic heterocycles. The number of pyridine rings is 1. The monoisotopic (exact) mass is 481 g/mol. The van der Waals surface area contributed by atoms with Gasteiger partial charge in [-0.25, -0.2) is 4.57 Å². The molecule has 196 valence electrons. The topological polar surface area (TPSA) is 44.0 Å². The molecular formula is C32H51NO2. The van der Waals surface area contributed by atoms with Gasteiger partial charge in [-0.2, -0.15) is 0 Å². The average molecular weight is 482 g/mol. The molecule has 0 spiro atoms. The van der Waals surface area contributed by atoms with Crippen molar-refractivity contribution in [1.82, 2.24) is 0 Å². The first-order valence-electron chi connectivity index (χ1n) is 14.2. The van der Waals surface area contributed by atoms with Crippen LogP contribution in [-0.2, 0) is 11.3 Å². The Hall–Kier alpha value is -2.16. The minimum atomic E-state index is -0.903. The van der Waals surface area contributed by atoms with Crippen LogP contribution in [0.1, 0.15) is 126 Å². The molecule has 2 rings (SSSR count). The van der Waals surface area contributed by atoms with Crippen molar-refractivity contribution < 1.29 is 14.5 Å². The zero-order valence-corrected chi connectivity index (χ0v) is 22.9. The molecule has 0 N–H and O–H groups in total. The van der Waals surface area contributed by atoms with Crippen LogP contribution >= 0.6 is 0 Å². The third-order valence-corrected chi connectivity index (χ3v) is 6.39. The normalized spacial score (nSPS) is 10.6. The number of hydrogen-bond donors (Lipinski definition) is 0. The zero-order valence-electron chi connectivity index (χ0n) is 22.9. The number of carboxylic acid groups (broad SMARTS) is 1. The van der Waals surface area contributed by atoms with E-state index in [0.717, 1.165) is 19.4 Å². The summed E-state index contributed by atoms with van der Waals surface area (Å²) in [6.45, 7) is 7.48. The molecule has 1 aromatic heterocycles. The highest BCUT2D eigenvalue weighted by Gasteiger charge is 2.03. The molecule has 0 aliphatic carbocycles. The molecule has 0 amide bonds. The van der Waals surface area contributed by atoms with Crippen LogP contribution in [0.2, 0.25) is 0 Å². The van der Waals surface area contributed by atoms with E-state index in [4.69, 9.17) is 0 Å². The van der Waals surface area contributed by atoms with Crippen molar-refractivity contribution in [3.05, 3.63) is 65.5 Å². The Bertz CT molecular complexity index is 752. The van der Waals surface area contributed by atoms with Crippen LogP contribution in [0.5, 0.6) is 0 Å². The molecule has 1 aromatic carbocycles. The molecule has 0 aliphatic rings. The quantitative estimate of drug-likeness (QED) is 0.162. The molecule has 0 fully saturated rings. The zero-order chi connectivity index (χ0) is 25.6. The second-order valence-electron chi connectivity index (χ2n) is 10.1. The Labute approximate surface area is 216 Å². The summed E-state index contributed by atoms with van der Waals surface area (Å²) in [5, 5.41) is 10.2. The minimum Gasteiger partial charge on any atom is -0.550 e. The molecule has 0 saturated heterocycles. The molecule has 0 atom stereocenters. The highest BCUT2D eigenvalue weighted by Crippen LogP contribution is 2.13. The van der Waals surface area contributed by atoms with E-state index in [1.165, 1.54) is 100 Å². The molecule has 1 heterocycles. The lowest BCUT2D eigenvalue weighted by molar-refractivity contribution is -0.689. The Morgan fingerprint density at radius 1 is 0.686 bits per heavy atom. The van der Waals surface area contributed by atoms with Crippen molar-refractivity contribution in [1.29, 1.82) is 0 Å². The van der Waals surface area contributed by atoms with E-state index in [0.29, 0.717) is 0 Å². The summed E-state index contributed by atoms with van der Waals surface area (Å²) in [5.41, 5.74) is 3.96. The van der Waals surface area contributed by atoms with E-state index in [-0.39, 0.29) is 6.42 Å². The Kier molecular flexibility index (Phi) is 18.7. The molecule has 0 bridgehead atoms. The number of carbonyl (C=O) groups is 1. The summed E-state index contributed by atoms with van der Waals surface area (Å²) < 4.78 is 2.24. The minimum absolute atomic E-state index is 0.234. The number of aromatic nitrogens is 1. The van der Waals surface area contributed by atoms with E-state index in [1.807, 2.05) is 0 Å². The molecule has 0 saturated carbocycles. The van der Waals surface area contributed by atoms with Gasteiger partial charge in [0.1, 0.15) is 0 Å². The van der Waals surface area contributed by atoms with Crippen LogP contribution in [-0.4, -0.2) is 5.97 Å². The van der Waals surface area contributed by atoms with Gasteiger partial charge in [-0.1, -0.05) is 127 Å². The van der Waals surface area contributed by atoms with E-state index in [1.54, 1.807) is 0 Å². The van der Waals surface area contributed by atoms with E-state index >= 15 is 0 Å². The van der Waals surface area contributed by atoms with Gasteiger partial charge in [0.25, 0.3) is 0 Å². The van der Waals surface area contributed by atoms with Gasteiger partial charge in [0.05, 0.1) is 0 Å². The summed E-state index contributed by atoms with van der Waals surface area (Å²) in [7, 11) is 0. The van der Waals surface area contributed by atoms with Gasteiger partial charge < -0.3 is 9.90 Å². The number of rotatable bonds is 18. The maximum absolute atomic E-state index is 10.2. The van der Waals surface area contributed by atoms with Crippen molar-refractivity contribution in [2.24, 2.45) is 0 Å². The SMILES string of the molecule is CCCCCCCCCCCCCCCCCC(=O)[O-].Cc1cc(C)c[n+](Cc2ccccc2)c1. The molecule has 35 heavy (non-hydrogen) atoms. The fourth-order valence-corrected chi connectivity index (χ4v) is 4.52. The van der Waals surface area contributed by atoms with Crippen LogP contribution in [0.3, 0.4) is 0 Å². The highest BCUT2D eigenvalue weighted by atomic mass is 16.4. The second-order valence-corrected chi connectivity index (χ2v) is 10.1. The maximum Gasteiger partial charge on any atom is 0.173 e. The van der Waals surface area contributed by atoms with Crippen molar-refractivity contribution >= 4 is 5.97 Å². The van der Waals surface area contributed by atoms with Gasteiger partial charge in [0.2, 0.25) is 0 Å². The average Bonchev–Trinajstić information content (AvgIpc) is 2.82. The van der Waals surface area contributed by atoms with Crippen LogP contribution in [0.15, 0.2) is 48.8 Å². The summed E-state index contributed by atoms with van der Waals surface area (Å²) in [6, 6.07) is 12.7. The molecule has 3 nitrogen and oxygen atoms in total. The van der Waals surface area contributed by atoms with Gasteiger partial charge >= 0.3 is 0 Å². The lowest BCUT2D eigenvalue weighted by Gasteiger charge is -2.04. The first-order chi connectivity index (χ1) is 17.0. The summed E-state index contributed by atoms with van der Waals surface area (Å²) in [6.07, 6.45) is 24.2. The third kappa shape index (κ3) is 18.8. The second kappa shape index (κ2) is 21.1. The van der Waals surface area contributed by atoms with Gasteiger partial charge in [-0.05, 0) is 32.8 Å². The highest BCUT2D eigenvalue weighted by molar-refractivity contribution is 5.64. The predicted molar refractivity (Wildman–Crippen MR) is 146 cm³/mol. The summed E-state index contributed by atoms with van der Waals surface area (Å²) >= 11 is 0. The smallest absolute Gasteiger partial charge is 0.173 e. The van der Waals surface area contributed by atoms with E-state index < -0.39 is 5.97 Å². The number of carbonyl (C=O) groups excluding carboxylic acids is 1. The van der Waals surface area contributed by atoms with Gasteiger partial charge in [-0.15, -0.1) is 0 Å². The maximum atomic E-state index is 10.2. The Morgan fingerprint density at radius 2 is 1.11 bits per heavy atom. The van der Waals surface area contributed by atoms with Crippen LogP contribution in [0.25, 0.3) is 0 Å². The lowest BCUT2D eigenvalue weighted by Crippen LogP contribution is -2.34. The first kappa shape index (κ1) is 30.9. The number of nitrogens with zero attached hydrogens (tertiary/aromatic N) is 1. The molecular weight excluding hydrogens is 430 g/mol. The molecule has 0 radical (unpaired) electrons.